The minimum Gasteiger partial charge on any atom is -0.460 e. The Kier molecular flexibility index (Phi) is 2.59. The van der Waals surface area contributed by atoms with E-state index < -0.39 is 0 Å². The van der Waals surface area contributed by atoms with Crippen LogP contribution < -0.4 is 5.32 Å². The molecule has 0 aromatic rings. The fourth-order valence-electron chi connectivity index (χ4n) is 2.23. The maximum atomic E-state index is 11.9. The summed E-state index contributed by atoms with van der Waals surface area (Å²) >= 11 is 0. The van der Waals surface area contributed by atoms with Gasteiger partial charge in [-0.3, -0.25) is 4.79 Å². The SMILES string of the molecule is CC(C)(C)OC(=O)C1CC2C=CC1NC2. The van der Waals surface area contributed by atoms with Gasteiger partial charge >= 0.3 is 5.97 Å². The minimum atomic E-state index is -0.377. The summed E-state index contributed by atoms with van der Waals surface area (Å²) in [6.07, 6.45) is 5.25. The van der Waals surface area contributed by atoms with Crippen molar-refractivity contribution in [2.24, 2.45) is 11.8 Å². The zero-order chi connectivity index (χ0) is 11.1. The van der Waals surface area contributed by atoms with E-state index in [-0.39, 0.29) is 23.5 Å². The molecule has 3 aliphatic rings. The van der Waals surface area contributed by atoms with Crippen LogP contribution in [0.3, 0.4) is 0 Å². The van der Waals surface area contributed by atoms with Crippen LogP contribution in [-0.2, 0) is 9.53 Å². The highest BCUT2D eigenvalue weighted by Crippen LogP contribution is 2.30. The van der Waals surface area contributed by atoms with Crippen molar-refractivity contribution < 1.29 is 9.53 Å². The van der Waals surface area contributed by atoms with E-state index in [4.69, 9.17) is 4.74 Å². The fourth-order valence-corrected chi connectivity index (χ4v) is 2.23. The number of hydrogen-bond donors (Lipinski definition) is 1. The van der Waals surface area contributed by atoms with Crippen LogP contribution >= 0.6 is 0 Å². The number of rotatable bonds is 1. The van der Waals surface area contributed by atoms with Gasteiger partial charge in [0.25, 0.3) is 0 Å². The Bertz CT molecular complexity index is 290. The van der Waals surface area contributed by atoms with E-state index in [0.717, 1.165) is 13.0 Å². The molecule has 2 aliphatic heterocycles. The summed E-state index contributed by atoms with van der Waals surface area (Å²) in [6, 6.07) is 0.185. The van der Waals surface area contributed by atoms with E-state index in [1.165, 1.54) is 0 Å². The third kappa shape index (κ3) is 2.40. The fraction of sp³-hybridized carbons (Fsp3) is 0.750. The van der Waals surface area contributed by atoms with E-state index in [2.05, 4.69) is 17.5 Å². The first-order valence-corrected chi connectivity index (χ1v) is 5.60. The van der Waals surface area contributed by atoms with Crippen LogP contribution in [0.1, 0.15) is 27.2 Å². The molecule has 0 amide bonds. The molecule has 0 aromatic heterocycles. The largest absolute Gasteiger partial charge is 0.460 e. The van der Waals surface area contributed by atoms with Crippen LogP contribution in [0, 0.1) is 11.8 Å². The van der Waals surface area contributed by atoms with Crippen molar-refractivity contribution in [3.05, 3.63) is 12.2 Å². The van der Waals surface area contributed by atoms with Crippen LogP contribution in [-0.4, -0.2) is 24.2 Å². The van der Waals surface area contributed by atoms with Crippen LogP contribution in [0.25, 0.3) is 0 Å². The van der Waals surface area contributed by atoms with Crippen molar-refractivity contribution in [3.8, 4) is 0 Å². The zero-order valence-corrected chi connectivity index (χ0v) is 9.62. The van der Waals surface area contributed by atoms with Gasteiger partial charge in [0.15, 0.2) is 0 Å². The summed E-state index contributed by atoms with van der Waals surface area (Å²) in [5, 5.41) is 3.35. The number of piperidine rings is 1. The zero-order valence-electron chi connectivity index (χ0n) is 9.62. The van der Waals surface area contributed by atoms with E-state index >= 15 is 0 Å². The van der Waals surface area contributed by atoms with Crippen molar-refractivity contribution >= 4 is 5.97 Å². The molecule has 3 unspecified atom stereocenters. The van der Waals surface area contributed by atoms with Gasteiger partial charge in [-0.15, -0.1) is 0 Å². The molecule has 1 saturated heterocycles. The first kappa shape index (κ1) is 10.7. The standard InChI is InChI=1S/C12H19NO2/c1-12(2,3)15-11(14)9-6-8-4-5-10(9)13-7-8/h4-5,8-10,13H,6-7H2,1-3H3. The maximum Gasteiger partial charge on any atom is 0.311 e. The predicted octanol–water partition coefficient (Wildman–Crippen LogP) is 1.49. The van der Waals surface area contributed by atoms with E-state index in [1.807, 2.05) is 20.8 Å². The summed E-state index contributed by atoms with van der Waals surface area (Å²) in [6.45, 7) is 6.74. The molecule has 3 atom stereocenters. The molecule has 15 heavy (non-hydrogen) atoms. The Balaban J connectivity index is 2.01. The molecular weight excluding hydrogens is 190 g/mol. The number of nitrogens with one attached hydrogen (secondary N) is 1. The lowest BCUT2D eigenvalue weighted by Crippen LogP contribution is -2.51. The smallest absolute Gasteiger partial charge is 0.311 e. The highest BCUT2D eigenvalue weighted by molar-refractivity contribution is 5.74. The summed E-state index contributed by atoms with van der Waals surface area (Å²) in [5.41, 5.74) is -0.377. The first-order valence-electron chi connectivity index (χ1n) is 5.60. The second-order valence-corrected chi connectivity index (χ2v) is 5.45. The lowest BCUT2D eigenvalue weighted by atomic mass is 9.79. The van der Waals surface area contributed by atoms with Crippen molar-refractivity contribution in [1.29, 1.82) is 0 Å². The molecule has 3 nitrogen and oxygen atoms in total. The van der Waals surface area contributed by atoms with Gasteiger partial charge in [0, 0.05) is 12.6 Å². The minimum absolute atomic E-state index is 0.00738. The maximum absolute atomic E-state index is 11.9. The summed E-state index contributed by atoms with van der Waals surface area (Å²) in [4.78, 5) is 11.9. The number of ether oxygens (including phenoxy) is 1. The Labute approximate surface area is 90.9 Å². The topological polar surface area (TPSA) is 38.3 Å². The van der Waals surface area contributed by atoms with Crippen LogP contribution in [0.15, 0.2) is 12.2 Å². The average molecular weight is 209 g/mol. The molecule has 0 saturated carbocycles. The quantitative estimate of drug-likeness (QED) is 0.525. The third-order valence-electron chi connectivity index (χ3n) is 2.91. The second kappa shape index (κ2) is 3.63. The summed E-state index contributed by atoms with van der Waals surface area (Å²) < 4.78 is 5.42. The number of carbonyl (C=O) groups is 1. The summed E-state index contributed by atoms with van der Waals surface area (Å²) in [5.74, 6) is 0.453. The third-order valence-corrected chi connectivity index (χ3v) is 2.91. The predicted molar refractivity (Wildman–Crippen MR) is 58.4 cm³/mol. The van der Waals surface area contributed by atoms with Gasteiger partial charge < -0.3 is 10.1 Å². The number of carbonyl (C=O) groups excluding carboxylic acids is 1. The van der Waals surface area contributed by atoms with E-state index in [0.29, 0.717) is 5.92 Å². The van der Waals surface area contributed by atoms with Gasteiger partial charge in [-0.25, -0.2) is 0 Å². The molecular formula is C12H19NO2. The van der Waals surface area contributed by atoms with Gasteiger partial charge in [0.05, 0.1) is 5.92 Å². The Morgan fingerprint density at radius 2 is 2.13 bits per heavy atom. The number of hydrogen-bond acceptors (Lipinski definition) is 3. The Morgan fingerprint density at radius 1 is 1.40 bits per heavy atom. The Hall–Kier alpha value is -0.830. The molecule has 2 bridgehead atoms. The monoisotopic (exact) mass is 209 g/mol. The van der Waals surface area contributed by atoms with Crippen LogP contribution in [0.5, 0.6) is 0 Å². The lowest BCUT2D eigenvalue weighted by molar-refractivity contribution is -0.162. The van der Waals surface area contributed by atoms with Crippen molar-refractivity contribution in [2.45, 2.75) is 38.8 Å². The molecule has 3 rings (SSSR count). The van der Waals surface area contributed by atoms with E-state index in [1.54, 1.807) is 0 Å². The normalized spacial score (nSPS) is 34.2. The average Bonchev–Trinajstić information content (AvgIpc) is 2.17. The highest BCUT2D eigenvalue weighted by atomic mass is 16.6. The molecule has 3 heteroatoms. The highest BCUT2D eigenvalue weighted by Gasteiger charge is 2.38. The molecule has 2 heterocycles. The molecule has 0 radical (unpaired) electrons. The van der Waals surface area contributed by atoms with E-state index in [9.17, 15) is 4.79 Å². The molecule has 84 valence electrons. The van der Waals surface area contributed by atoms with Gasteiger partial charge in [-0.1, -0.05) is 12.2 Å². The molecule has 1 N–H and O–H groups in total. The number of esters is 1. The molecule has 1 aliphatic carbocycles. The van der Waals surface area contributed by atoms with Crippen molar-refractivity contribution in [2.75, 3.05) is 6.54 Å². The van der Waals surface area contributed by atoms with Gasteiger partial charge in [0.1, 0.15) is 5.60 Å². The Morgan fingerprint density at radius 3 is 2.53 bits per heavy atom. The van der Waals surface area contributed by atoms with Crippen molar-refractivity contribution in [1.82, 2.24) is 5.32 Å². The molecule has 0 spiro atoms. The molecule has 0 aromatic carbocycles. The lowest BCUT2D eigenvalue weighted by Gasteiger charge is -2.38. The second-order valence-electron chi connectivity index (χ2n) is 5.45. The number of fused-ring (bicyclic) bond motifs is 2. The summed E-state index contributed by atoms with van der Waals surface area (Å²) in [7, 11) is 0. The molecule has 1 fully saturated rings. The van der Waals surface area contributed by atoms with Gasteiger partial charge in [0.2, 0.25) is 0 Å². The first-order chi connectivity index (χ1) is 6.96. The van der Waals surface area contributed by atoms with Crippen molar-refractivity contribution in [3.63, 3.8) is 0 Å². The van der Waals surface area contributed by atoms with Crippen LogP contribution in [0.2, 0.25) is 0 Å². The van der Waals surface area contributed by atoms with Gasteiger partial charge in [-0.05, 0) is 33.1 Å². The van der Waals surface area contributed by atoms with Crippen LogP contribution in [0.4, 0.5) is 0 Å². The van der Waals surface area contributed by atoms with Gasteiger partial charge in [-0.2, -0.15) is 0 Å².